The first-order chi connectivity index (χ1) is 12.6. The summed E-state index contributed by atoms with van der Waals surface area (Å²) in [5.74, 6) is 1.69. The number of aliphatic imine (C=N–C) groups is 1. The van der Waals surface area contributed by atoms with E-state index in [2.05, 4.69) is 20.9 Å². The summed E-state index contributed by atoms with van der Waals surface area (Å²) in [6.07, 6.45) is 7.07. The van der Waals surface area contributed by atoms with Crippen molar-refractivity contribution >= 4 is 41.8 Å². The number of nitrogens with zero attached hydrogens (tertiary/aromatic N) is 2. The second-order valence-electron chi connectivity index (χ2n) is 7.29. The molecule has 2 aliphatic rings. The fraction of sp³-hybridized carbons (Fsp3) is 0.842. The third-order valence-electron chi connectivity index (χ3n) is 5.18. The average Bonchev–Trinajstić information content (AvgIpc) is 3.30. The molecule has 0 aromatic rings. The van der Waals surface area contributed by atoms with Gasteiger partial charge in [-0.25, -0.2) is 0 Å². The van der Waals surface area contributed by atoms with E-state index in [0.29, 0.717) is 31.8 Å². The smallest absolute Gasteiger partial charge is 0.222 e. The Hall–Kier alpha value is -1.06. The summed E-state index contributed by atoms with van der Waals surface area (Å²) < 4.78 is 0. The molecule has 0 spiro atoms. The van der Waals surface area contributed by atoms with Crippen molar-refractivity contribution in [2.24, 2.45) is 10.9 Å². The number of guanidine groups is 1. The van der Waals surface area contributed by atoms with Crippen molar-refractivity contribution in [3.63, 3.8) is 0 Å². The zero-order valence-corrected chi connectivity index (χ0v) is 19.1. The number of nitrogens with one attached hydrogen (secondary N) is 3. The number of hydrogen-bond donors (Lipinski definition) is 3. The van der Waals surface area contributed by atoms with Gasteiger partial charge in [0.15, 0.2) is 5.96 Å². The lowest BCUT2D eigenvalue weighted by Gasteiger charge is -2.18. The highest BCUT2D eigenvalue weighted by Gasteiger charge is 2.25. The van der Waals surface area contributed by atoms with Crippen LogP contribution in [0.5, 0.6) is 0 Å². The van der Waals surface area contributed by atoms with Crippen LogP contribution in [0.4, 0.5) is 0 Å². The molecule has 0 aromatic heterocycles. The molecule has 2 amide bonds. The van der Waals surface area contributed by atoms with E-state index in [0.717, 1.165) is 32.0 Å². The monoisotopic (exact) mass is 493 g/mol. The lowest BCUT2D eigenvalue weighted by atomic mass is 10.0. The molecule has 2 rings (SSSR count). The van der Waals surface area contributed by atoms with Crippen molar-refractivity contribution in [2.45, 2.75) is 64.8 Å². The molecule has 7 nitrogen and oxygen atoms in total. The first-order valence-corrected chi connectivity index (χ1v) is 10.2. The van der Waals surface area contributed by atoms with Crippen LogP contribution in [0, 0.1) is 5.92 Å². The van der Waals surface area contributed by atoms with Gasteiger partial charge < -0.3 is 20.9 Å². The lowest BCUT2D eigenvalue weighted by Crippen LogP contribution is -2.45. The summed E-state index contributed by atoms with van der Waals surface area (Å²) in [4.78, 5) is 30.2. The standard InChI is InChI=1S/C19H35N5O2.HI/c1-3-18(26)24-12-9-16(14-24)23-19(20-4-2)22-11-10-21-17(25)13-15-7-5-6-8-15;/h15-16H,3-14H2,1-2H3,(H,21,25)(H2,20,22,23);1H. The first kappa shape index (κ1) is 24.0. The van der Waals surface area contributed by atoms with Gasteiger partial charge in [0, 0.05) is 45.1 Å². The highest BCUT2D eigenvalue weighted by molar-refractivity contribution is 14.0. The van der Waals surface area contributed by atoms with Crippen LogP contribution < -0.4 is 16.0 Å². The first-order valence-electron chi connectivity index (χ1n) is 10.2. The Morgan fingerprint density at radius 1 is 1.11 bits per heavy atom. The quantitative estimate of drug-likeness (QED) is 0.209. The normalized spacial score (nSPS) is 20.3. The summed E-state index contributed by atoms with van der Waals surface area (Å²) in [6.45, 7) is 7.36. The minimum Gasteiger partial charge on any atom is -0.357 e. The van der Waals surface area contributed by atoms with E-state index in [-0.39, 0.29) is 41.8 Å². The van der Waals surface area contributed by atoms with Gasteiger partial charge in [0.05, 0.1) is 6.54 Å². The van der Waals surface area contributed by atoms with Crippen molar-refractivity contribution in [3.8, 4) is 0 Å². The van der Waals surface area contributed by atoms with Crippen molar-refractivity contribution in [1.29, 1.82) is 0 Å². The summed E-state index contributed by atoms with van der Waals surface area (Å²) >= 11 is 0. The average molecular weight is 493 g/mol. The number of carbonyl (C=O) groups excluding carboxylic acids is 2. The predicted octanol–water partition coefficient (Wildman–Crippen LogP) is 1.87. The molecule has 1 unspecified atom stereocenters. The van der Waals surface area contributed by atoms with Crippen LogP contribution in [0.1, 0.15) is 58.8 Å². The Kier molecular flexibility index (Phi) is 11.7. The number of carbonyl (C=O) groups is 2. The van der Waals surface area contributed by atoms with Crippen LogP contribution in [0.15, 0.2) is 4.99 Å². The van der Waals surface area contributed by atoms with E-state index in [1.165, 1.54) is 25.7 Å². The van der Waals surface area contributed by atoms with Crippen LogP contribution >= 0.6 is 24.0 Å². The SMILES string of the molecule is CCNC(=NCCNC(=O)CC1CCCC1)NC1CCN(C(=O)CC)C1.I. The molecule has 156 valence electrons. The van der Waals surface area contributed by atoms with E-state index in [9.17, 15) is 9.59 Å². The van der Waals surface area contributed by atoms with Gasteiger partial charge in [-0.1, -0.05) is 19.8 Å². The minimum atomic E-state index is 0. The maximum Gasteiger partial charge on any atom is 0.222 e. The van der Waals surface area contributed by atoms with Crippen molar-refractivity contribution in [1.82, 2.24) is 20.9 Å². The van der Waals surface area contributed by atoms with E-state index in [1.807, 2.05) is 18.7 Å². The van der Waals surface area contributed by atoms with Crippen LogP contribution in [-0.4, -0.2) is 61.4 Å². The third-order valence-corrected chi connectivity index (χ3v) is 5.18. The number of hydrogen-bond acceptors (Lipinski definition) is 3. The molecular formula is C19H36IN5O2. The fourth-order valence-electron chi connectivity index (χ4n) is 3.75. The van der Waals surface area contributed by atoms with Crippen LogP contribution in [0.2, 0.25) is 0 Å². The number of likely N-dealkylation sites (tertiary alicyclic amines) is 1. The molecule has 1 saturated carbocycles. The number of amides is 2. The van der Waals surface area contributed by atoms with Crippen molar-refractivity contribution in [3.05, 3.63) is 0 Å². The molecule has 1 saturated heterocycles. The predicted molar refractivity (Wildman–Crippen MR) is 119 cm³/mol. The third kappa shape index (κ3) is 8.66. The van der Waals surface area contributed by atoms with E-state index in [1.54, 1.807) is 0 Å². The van der Waals surface area contributed by atoms with E-state index < -0.39 is 0 Å². The molecule has 0 bridgehead atoms. The van der Waals surface area contributed by atoms with Gasteiger partial charge in [-0.2, -0.15) is 0 Å². The molecule has 3 N–H and O–H groups in total. The molecule has 0 aromatic carbocycles. The summed E-state index contributed by atoms with van der Waals surface area (Å²) in [7, 11) is 0. The van der Waals surface area contributed by atoms with Crippen molar-refractivity contribution in [2.75, 3.05) is 32.7 Å². The van der Waals surface area contributed by atoms with Gasteiger partial charge in [0.25, 0.3) is 0 Å². The molecule has 1 heterocycles. The van der Waals surface area contributed by atoms with E-state index in [4.69, 9.17) is 0 Å². The Balaban J connectivity index is 0.00000364. The molecule has 1 aliphatic heterocycles. The minimum absolute atomic E-state index is 0. The topological polar surface area (TPSA) is 85.8 Å². The van der Waals surface area contributed by atoms with Crippen LogP contribution in [-0.2, 0) is 9.59 Å². The second-order valence-corrected chi connectivity index (χ2v) is 7.29. The largest absolute Gasteiger partial charge is 0.357 e. The second kappa shape index (κ2) is 13.2. The van der Waals surface area contributed by atoms with Gasteiger partial charge in [-0.15, -0.1) is 24.0 Å². The van der Waals surface area contributed by atoms with Gasteiger partial charge in [0.2, 0.25) is 11.8 Å². The van der Waals surface area contributed by atoms with Crippen LogP contribution in [0.25, 0.3) is 0 Å². The zero-order valence-electron chi connectivity index (χ0n) is 16.8. The highest BCUT2D eigenvalue weighted by atomic mass is 127. The van der Waals surface area contributed by atoms with E-state index >= 15 is 0 Å². The van der Waals surface area contributed by atoms with Gasteiger partial charge in [-0.05, 0) is 32.1 Å². The summed E-state index contributed by atoms with van der Waals surface area (Å²) in [6, 6.07) is 0.236. The number of halogens is 1. The molecule has 2 fully saturated rings. The zero-order chi connectivity index (χ0) is 18.8. The number of rotatable bonds is 8. The molecule has 0 radical (unpaired) electrons. The maximum atomic E-state index is 11.9. The molecule has 27 heavy (non-hydrogen) atoms. The van der Waals surface area contributed by atoms with Crippen LogP contribution in [0.3, 0.4) is 0 Å². The summed E-state index contributed by atoms with van der Waals surface area (Å²) in [5, 5.41) is 9.62. The van der Waals surface area contributed by atoms with Gasteiger partial charge in [0.1, 0.15) is 0 Å². The fourth-order valence-corrected chi connectivity index (χ4v) is 3.75. The Bertz CT molecular complexity index is 494. The molecular weight excluding hydrogens is 457 g/mol. The molecule has 1 atom stereocenters. The Morgan fingerprint density at radius 3 is 2.52 bits per heavy atom. The van der Waals surface area contributed by atoms with Crippen molar-refractivity contribution < 1.29 is 9.59 Å². The molecule has 1 aliphatic carbocycles. The molecule has 8 heteroatoms. The Morgan fingerprint density at radius 2 is 1.85 bits per heavy atom. The Labute approximate surface area is 180 Å². The van der Waals surface area contributed by atoms with Gasteiger partial charge >= 0.3 is 0 Å². The summed E-state index contributed by atoms with van der Waals surface area (Å²) in [5.41, 5.74) is 0. The van der Waals surface area contributed by atoms with Gasteiger partial charge in [-0.3, -0.25) is 14.6 Å². The highest BCUT2D eigenvalue weighted by Crippen LogP contribution is 2.27. The maximum absolute atomic E-state index is 11.9. The lowest BCUT2D eigenvalue weighted by molar-refractivity contribution is -0.129.